The Morgan fingerprint density at radius 2 is 1.38 bits per heavy atom. The molecule has 0 amide bonds. The number of unbranched alkanes of at least 4 members (excludes halogenated alkanes) is 1. The molecule has 4 aromatic carbocycles. The number of rotatable bonds is 26. The van der Waals surface area contributed by atoms with E-state index < -0.39 is 36.0 Å². The van der Waals surface area contributed by atoms with E-state index in [0.717, 1.165) is 34.0 Å². The molecule has 64 heavy (non-hydrogen) atoms. The Kier molecular flexibility index (Phi) is 18.8. The number of benzene rings is 4. The van der Waals surface area contributed by atoms with E-state index in [1.54, 1.807) is 42.5 Å². The average Bonchev–Trinajstić information content (AvgIpc) is 3.74. The smallest absolute Gasteiger partial charge is 0.343 e. The predicted octanol–water partition coefficient (Wildman–Crippen LogP) is 7.43. The number of hydrazone groups is 1. The first-order chi connectivity index (χ1) is 31.1. The molecule has 0 radical (unpaired) electrons. The summed E-state index contributed by atoms with van der Waals surface area (Å²) in [6.07, 6.45) is 5.43. The van der Waals surface area contributed by atoms with Crippen molar-refractivity contribution in [3.8, 4) is 17.2 Å². The molecule has 332 valence electrons. The number of hydrogen-bond acceptors (Lipinski definition) is 17. The summed E-state index contributed by atoms with van der Waals surface area (Å²) < 4.78 is 44.2. The van der Waals surface area contributed by atoms with Crippen molar-refractivity contribution in [2.24, 2.45) is 5.10 Å². The normalized spacial score (nSPS) is 11.2. The topological polar surface area (TPSA) is 196 Å². The van der Waals surface area contributed by atoms with Gasteiger partial charge >= 0.3 is 29.8 Å². The molecule has 17 heteroatoms. The fourth-order valence-corrected chi connectivity index (χ4v) is 6.20. The Morgan fingerprint density at radius 3 is 2.09 bits per heavy atom. The van der Waals surface area contributed by atoms with Crippen molar-refractivity contribution in [3.63, 3.8) is 0 Å². The zero-order chi connectivity index (χ0) is 45.5. The standard InChI is InChI=1S/C47H45N3O13S/c1-4-42(51)57-25-10-9-24-56-29-38(62-44(53)6-3)30-59-36-18-16-34(17-19-36)46(55)63-40-22-13-32(27-35(40)28-48-50-47-49-39-11-7-8-12-41(39)64-47)23-26-58-45(54)33-14-20-37(21-15-33)60-31-61-43(52)5-2/h4-8,11-22,27-28,38H,1-3,9-10,23-26,29-31H2,(H,49,50)/b48-28+. The average molecular weight is 892 g/mol. The summed E-state index contributed by atoms with van der Waals surface area (Å²) in [5.41, 5.74) is 5.51. The second kappa shape index (κ2) is 25.3. The molecule has 5 aromatic rings. The third-order valence-corrected chi connectivity index (χ3v) is 9.56. The maximum Gasteiger partial charge on any atom is 0.343 e. The van der Waals surface area contributed by atoms with Crippen LogP contribution in [0.1, 0.15) is 44.7 Å². The van der Waals surface area contributed by atoms with Crippen LogP contribution < -0.4 is 19.6 Å². The molecular formula is C47H45N3O13S. The molecule has 0 aliphatic carbocycles. The van der Waals surface area contributed by atoms with Gasteiger partial charge in [-0.3, -0.25) is 5.43 Å². The summed E-state index contributed by atoms with van der Waals surface area (Å²) in [7, 11) is 0. The molecule has 1 aromatic heterocycles. The zero-order valence-corrected chi connectivity index (χ0v) is 35.5. The van der Waals surface area contributed by atoms with E-state index in [2.05, 4.69) is 35.2 Å². The van der Waals surface area contributed by atoms with Crippen LogP contribution in [0.25, 0.3) is 10.2 Å². The van der Waals surface area contributed by atoms with Crippen molar-refractivity contribution in [2.75, 3.05) is 45.3 Å². The highest BCUT2D eigenvalue weighted by Crippen LogP contribution is 2.26. The molecule has 1 N–H and O–H groups in total. The van der Waals surface area contributed by atoms with Gasteiger partial charge in [0, 0.05) is 36.8 Å². The van der Waals surface area contributed by atoms with E-state index in [-0.39, 0.29) is 44.5 Å². The molecule has 0 fully saturated rings. The van der Waals surface area contributed by atoms with Crippen LogP contribution in [0.4, 0.5) is 5.13 Å². The molecule has 0 aliphatic rings. The molecule has 1 atom stereocenters. The van der Waals surface area contributed by atoms with Gasteiger partial charge in [0.05, 0.1) is 47.4 Å². The second-order valence-corrected chi connectivity index (χ2v) is 14.2. The fraction of sp³-hybridized carbons (Fsp3) is 0.213. The number of fused-ring (bicyclic) bond motifs is 1. The number of nitrogens with zero attached hydrogens (tertiary/aromatic N) is 2. The molecule has 16 nitrogen and oxygen atoms in total. The van der Waals surface area contributed by atoms with E-state index in [1.165, 1.54) is 41.8 Å². The summed E-state index contributed by atoms with van der Waals surface area (Å²) in [5.74, 6) is -1.95. The molecule has 0 saturated heterocycles. The van der Waals surface area contributed by atoms with Crippen LogP contribution in [0, 0.1) is 0 Å². The summed E-state index contributed by atoms with van der Waals surface area (Å²) in [5, 5.41) is 4.93. The van der Waals surface area contributed by atoms with Crippen molar-refractivity contribution in [1.82, 2.24) is 4.98 Å². The van der Waals surface area contributed by atoms with Crippen molar-refractivity contribution in [2.45, 2.75) is 25.4 Å². The molecule has 0 spiro atoms. The van der Waals surface area contributed by atoms with Gasteiger partial charge in [-0.1, -0.05) is 49.3 Å². The number of nitrogens with one attached hydrogen (secondary N) is 1. The van der Waals surface area contributed by atoms with Gasteiger partial charge in [0.25, 0.3) is 0 Å². The molecule has 5 rings (SSSR count). The predicted molar refractivity (Wildman–Crippen MR) is 238 cm³/mol. The Bertz CT molecular complexity index is 2400. The quantitative estimate of drug-likeness (QED) is 0.00840. The molecule has 0 saturated carbocycles. The minimum absolute atomic E-state index is 0.0415. The Hall–Kier alpha value is -7.63. The van der Waals surface area contributed by atoms with Gasteiger partial charge in [0.15, 0.2) is 6.10 Å². The number of thiazole rings is 1. The van der Waals surface area contributed by atoms with Crippen LogP contribution in [0.5, 0.6) is 17.2 Å². The lowest BCUT2D eigenvalue weighted by atomic mass is 10.1. The fourth-order valence-electron chi connectivity index (χ4n) is 5.39. The number of hydrogen-bond donors (Lipinski definition) is 1. The monoisotopic (exact) mass is 891 g/mol. The van der Waals surface area contributed by atoms with E-state index >= 15 is 0 Å². The third kappa shape index (κ3) is 15.7. The lowest BCUT2D eigenvalue weighted by Gasteiger charge is -2.18. The van der Waals surface area contributed by atoms with Crippen LogP contribution in [0.3, 0.4) is 0 Å². The van der Waals surface area contributed by atoms with Crippen LogP contribution >= 0.6 is 11.3 Å². The number of anilines is 1. The molecule has 0 aliphatic heterocycles. The summed E-state index contributed by atoms with van der Waals surface area (Å²) >= 11 is 1.43. The maximum atomic E-state index is 13.4. The summed E-state index contributed by atoms with van der Waals surface area (Å²) in [6, 6.07) is 25.2. The van der Waals surface area contributed by atoms with Gasteiger partial charge in [-0.15, -0.1) is 0 Å². The third-order valence-electron chi connectivity index (χ3n) is 8.62. The summed E-state index contributed by atoms with van der Waals surface area (Å²) in [6.45, 7) is 10.4. The van der Waals surface area contributed by atoms with E-state index in [1.807, 2.05) is 24.3 Å². The number of carbonyl (C=O) groups excluding carboxylic acids is 5. The van der Waals surface area contributed by atoms with Crippen LogP contribution in [0.2, 0.25) is 0 Å². The first-order valence-electron chi connectivity index (χ1n) is 19.8. The molecule has 1 heterocycles. The summed E-state index contributed by atoms with van der Waals surface area (Å²) in [4.78, 5) is 65.0. The van der Waals surface area contributed by atoms with Crippen molar-refractivity contribution in [1.29, 1.82) is 0 Å². The number of carbonyl (C=O) groups is 5. The van der Waals surface area contributed by atoms with E-state index in [4.69, 9.17) is 37.9 Å². The number of para-hydroxylation sites is 1. The van der Waals surface area contributed by atoms with Gasteiger partial charge in [0.2, 0.25) is 11.9 Å². The Balaban J connectivity index is 1.18. The van der Waals surface area contributed by atoms with E-state index in [0.29, 0.717) is 53.6 Å². The zero-order valence-electron chi connectivity index (χ0n) is 34.6. The maximum absolute atomic E-state index is 13.4. The number of aromatic nitrogens is 1. The molecule has 0 bridgehead atoms. The van der Waals surface area contributed by atoms with Crippen molar-refractivity contribution < 1.29 is 61.9 Å². The minimum atomic E-state index is -0.754. The Labute approximate surface area is 372 Å². The van der Waals surface area contributed by atoms with Gasteiger partial charge < -0.3 is 37.9 Å². The second-order valence-electron chi connectivity index (χ2n) is 13.2. The van der Waals surface area contributed by atoms with Gasteiger partial charge in [-0.2, -0.15) is 5.10 Å². The Morgan fingerprint density at radius 1 is 0.703 bits per heavy atom. The SMILES string of the molecule is C=CC(=O)OCCCCOCC(COc1ccc(C(=O)Oc2ccc(CCOC(=O)c3ccc(OCOC(=O)C=C)cc3)cc2/C=N/Nc2nc3ccccc3s2)cc1)OC(=O)C=C. The first-order valence-corrected chi connectivity index (χ1v) is 20.6. The lowest BCUT2D eigenvalue weighted by molar-refractivity contribution is -0.148. The van der Waals surface area contributed by atoms with Crippen LogP contribution in [0.15, 0.2) is 134 Å². The van der Waals surface area contributed by atoms with Crippen LogP contribution in [-0.4, -0.2) is 87.0 Å². The van der Waals surface area contributed by atoms with E-state index in [9.17, 15) is 24.0 Å². The highest BCUT2D eigenvalue weighted by Gasteiger charge is 2.17. The number of ether oxygens (including phenoxy) is 8. The van der Waals surface area contributed by atoms with Gasteiger partial charge in [-0.05, 0) is 91.2 Å². The minimum Gasteiger partial charge on any atom is -0.490 e. The van der Waals surface area contributed by atoms with Gasteiger partial charge in [0.1, 0.15) is 23.9 Å². The highest BCUT2D eigenvalue weighted by molar-refractivity contribution is 7.22. The largest absolute Gasteiger partial charge is 0.490 e. The molecular weight excluding hydrogens is 847 g/mol. The van der Waals surface area contributed by atoms with Gasteiger partial charge in [-0.25, -0.2) is 29.0 Å². The van der Waals surface area contributed by atoms with Crippen molar-refractivity contribution in [3.05, 3.63) is 151 Å². The van der Waals surface area contributed by atoms with Crippen molar-refractivity contribution >= 4 is 62.7 Å². The number of esters is 5. The van der Waals surface area contributed by atoms with Crippen LogP contribution in [-0.2, 0) is 44.5 Å². The highest BCUT2D eigenvalue weighted by atomic mass is 32.1. The first kappa shape index (κ1) is 47.4. The lowest BCUT2D eigenvalue weighted by Crippen LogP contribution is -2.29. The molecule has 1 unspecified atom stereocenters.